The molecule has 1 unspecified atom stereocenters. The Morgan fingerprint density at radius 2 is 2.21 bits per heavy atom. The third-order valence-electron chi connectivity index (χ3n) is 2.83. The van der Waals surface area contributed by atoms with Crippen LogP contribution in [0.15, 0.2) is 23.1 Å². The molecule has 0 aromatic heterocycles. The zero-order valence-electron chi connectivity index (χ0n) is 10.3. The van der Waals surface area contributed by atoms with Gasteiger partial charge >= 0.3 is 5.97 Å². The first kappa shape index (κ1) is 13.6. The summed E-state index contributed by atoms with van der Waals surface area (Å²) in [5.41, 5.74) is 1.18. The van der Waals surface area contributed by atoms with Crippen LogP contribution in [0, 0.1) is 5.92 Å². The molecule has 5 nitrogen and oxygen atoms in total. The lowest BCUT2D eigenvalue weighted by molar-refractivity contribution is -0.137. The minimum absolute atomic E-state index is 0.0594. The van der Waals surface area contributed by atoms with Crippen molar-refractivity contribution in [3.63, 3.8) is 0 Å². The number of hydrogen-bond acceptors (Lipinski definition) is 4. The van der Waals surface area contributed by atoms with Crippen LogP contribution in [0.2, 0.25) is 0 Å². The second-order valence-electron chi connectivity index (χ2n) is 4.41. The molecule has 0 radical (unpaired) electrons. The van der Waals surface area contributed by atoms with E-state index in [2.05, 4.69) is 5.32 Å². The van der Waals surface area contributed by atoms with Gasteiger partial charge in [0.1, 0.15) is 0 Å². The molecule has 1 aliphatic rings. The molecule has 2 N–H and O–H groups in total. The number of carboxylic acid groups (broad SMARTS) is 1. The summed E-state index contributed by atoms with van der Waals surface area (Å²) < 4.78 is 0. The minimum Gasteiger partial charge on any atom is -0.481 e. The molecule has 0 saturated carbocycles. The highest BCUT2D eigenvalue weighted by Crippen LogP contribution is 2.32. The summed E-state index contributed by atoms with van der Waals surface area (Å²) in [5.74, 6) is -1.47. The molecule has 0 saturated heterocycles. The topological polar surface area (TPSA) is 83.5 Å². The summed E-state index contributed by atoms with van der Waals surface area (Å²) in [4.78, 5) is 34.7. The van der Waals surface area contributed by atoms with Gasteiger partial charge in [0.2, 0.25) is 5.91 Å². The number of carbonyl (C=O) groups excluding carboxylic acids is 2. The Hall–Kier alpha value is -1.82. The summed E-state index contributed by atoms with van der Waals surface area (Å²) >= 11 is 1.37. The lowest BCUT2D eigenvalue weighted by Crippen LogP contribution is -2.20. The van der Waals surface area contributed by atoms with Crippen LogP contribution in [0.25, 0.3) is 0 Å². The molecule has 1 heterocycles. The first-order chi connectivity index (χ1) is 8.97. The summed E-state index contributed by atoms with van der Waals surface area (Å²) in [6.07, 6.45) is -0.181. The van der Waals surface area contributed by atoms with Gasteiger partial charge < -0.3 is 10.4 Å². The number of Topliss-reactive ketones (excluding diaryl/α,β-unsaturated/α-hetero) is 1. The summed E-state index contributed by atoms with van der Waals surface area (Å²) in [5, 5.41) is 11.4. The smallest absolute Gasteiger partial charge is 0.304 e. The number of amides is 1. The van der Waals surface area contributed by atoms with E-state index in [1.54, 1.807) is 25.1 Å². The van der Waals surface area contributed by atoms with Gasteiger partial charge in [-0.2, -0.15) is 0 Å². The molecule has 1 aromatic rings. The minimum atomic E-state index is -0.986. The largest absolute Gasteiger partial charge is 0.481 e. The zero-order valence-corrected chi connectivity index (χ0v) is 11.1. The van der Waals surface area contributed by atoms with Gasteiger partial charge in [-0.05, 0) is 18.2 Å². The van der Waals surface area contributed by atoms with Crippen molar-refractivity contribution in [2.45, 2.75) is 18.2 Å². The van der Waals surface area contributed by atoms with E-state index in [9.17, 15) is 14.4 Å². The van der Waals surface area contributed by atoms with Crippen molar-refractivity contribution in [1.29, 1.82) is 0 Å². The van der Waals surface area contributed by atoms with E-state index >= 15 is 0 Å². The molecule has 2 rings (SSSR count). The van der Waals surface area contributed by atoms with Gasteiger partial charge in [0.15, 0.2) is 5.78 Å². The Morgan fingerprint density at radius 1 is 1.47 bits per heavy atom. The van der Waals surface area contributed by atoms with Crippen molar-refractivity contribution in [3.8, 4) is 0 Å². The highest BCUT2D eigenvalue weighted by Gasteiger charge is 2.21. The van der Waals surface area contributed by atoms with Crippen LogP contribution in [0.3, 0.4) is 0 Å². The van der Waals surface area contributed by atoms with Gasteiger partial charge in [0.05, 0.1) is 17.9 Å². The molecule has 0 spiro atoms. The number of ketones is 1. The van der Waals surface area contributed by atoms with Crippen LogP contribution in [0.4, 0.5) is 5.69 Å². The number of benzene rings is 1. The van der Waals surface area contributed by atoms with E-state index in [1.165, 1.54) is 11.8 Å². The maximum absolute atomic E-state index is 12.1. The molecular weight excluding hydrogens is 266 g/mol. The van der Waals surface area contributed by atoms with Crippen LogP contribution >= 0.6 is 11.8 Å². The van der Waals surface area contributed by atoms with Crippen molar-refractivity contribution in [3.05, 3.63) is 23.8 Å². The van der Waals surface area contributed by atoms with E-state index < -0.39 is 11.9 Å². The maximum Gasteiger partial charge on any atom is 0.304 e. The maximum atomic E-state index is 12.1. The fourth-order valence-electron chi connectivity index (χ4n) is 1.87. The highest BCUT2D eigenvalue weighted by molar-refractivity contribution is 8.00. The van der Waals surface area contributed by atoms with E-state index in [0.29, 0.717) is 17.0 Å². The fraction of sp³-hybridized carbons (Fsp3) is 0.308. The molecular formula is C13H13NO4S. The van der Waals surface area contributed by atoms with Crippen molar-refractivity contribution in [1.82, 2.24) is 0 Å². The van der Waals surface area contributed by atoms with Gasteiger partial charge in [0.25, 0.3) is 0 Å². The fourth-order valence-corrected chi connectivity index (χ4v) is 2.71. The van der Waals surface area contributed by atoms with Gasteiger partial charge in [0, 0.05) is 16.4 Å². The van der Waals surface area contributed by atoms with Gasteiger partial charge in [-0.25, -0.2) is 0 Å². The Labute approximate surface area is 114 Å². The second kappa shape index (κ2) is 5.44. The van der Waals surface area contributed by atoms with Crippen LogP contribution in [-0.2, 0) is 9.59 Å². The van der Waals surface area contributed by atoms with Gasteiger partial charge in [-0.1, -0.05) is 6.92 Å². The Balaban J connectivity index is 2.20. The number of rotatable bonds is 4. The van der Waals surface area contributed by atoms with E-state index in [4.69, 9.17) is 5.11 Å². The Morgan fingerprint density at radius 3 is 2.89 bits per heavy atom. The first-order valence-corrected chi connectivity index (χ1v) is 6.78. The third-order valence-corrected chi connectivity index (χ3v) is 3.88. The zero-order chi connectivity index (χ0) is 14.0. The molecule has 0 aliphatic carbocycles. The number of carbonyl (C=O) groups is 3. The number of hydrogen-bond donors (Lipinski definition) is 2. The summed E-state index contributed by atoms with van der Waals surface area (Å²) in [6, 6.07) is 5.01. The Kier molecular flexibility index (Phi) is 3.90. The highest BCUT2D eigenvalue weighted by atomic mass is 32.2. The average molecular weight is 279 g/mol. The number of anilines is 1. The van der Waals surface area contributed by atoms with Gasteiger partial charge in [-0.3, -0.25) is 14.4 Å². The molecule has 1 amide bonds. The summed E-state index contributed by atoms with van der Waals surface area (Å²) in [7, 11) is 0. The van der Waals surface area contributed by atoms with Crippen molar-refractivity contribution >= 4 is 35.1 Å². The molecule has 6 heteroatoms. The number of fused-ring (bicyclic) bond motifs is 1. The molecule has 100 valence electrons. The predicted octanol–water partition coefficient (Wildman–Crippen LogP) is 2.02. The monoisotopic (exact) mass is 279 g/mol. The molecule has 0 bridgehead atoms. The molecule has 19 heavy (non-hydrogen) atoms. The van der Waals surface area contributed by atoms with Crippen LogP contribution in [-0.4, -0.2) is 28.5 Å². The van der Waals surface area contributed by atoms with Crippen molar-refractivity contribution in [2.24, 2.45) is 5.92 Å². The lowest BCUT2D eigenvalue weighted by atomic mass is 9.96. The Bertz CT molecular complexity index is 556. The van der Waals surface area contributed by atoms with Crippen LogP contribution in [0.1, 0.15) is 23.7 Å². The van der Waals surface area contributed by atoms with Gasteiger partial charge in [-0.15, -0.1) is 11.8 Å². The van der Waals surface area contributed by atoms with E-state index in [0.717, 1.165) is 4.90 Å². The number of carboxylic acids is 1. The van der Waals surface area contributed by atoms with Crippen LogP contribution in [0.5, 0.6) is 0 Å². The normalized spacial score (nSPS) is 15.3. The first-order valence-electron chi connectivity index (χ1n) is 5.80. The quantitative estimate of drug-likeness (QED) is 0.824. The molecule has 0 fully saturated rings. The number of aliphatic carboxylic acids is 1. The van der Waals surface area contributed by atoms with Crippen molar-refractivity contribution < 1.29 is 19.5 Å². The van der Waals surface area contributed by atoms with E-state index in [-0.39, 0.29) is 18.1 Å². The standard InChI is InChI=1S/C13H13NO4S/c1-7(4-12(16)17)13(18)8-2-3-9-10(5-8)19-6-11(15)14-9/h2-3,5,7H,4,6H2,1H3,(H,14,15)(H,16,17). The third kappa shape index (κ3) is 3.14. The molecule has 1 aliphatic heterocycles. The van der Waals surface area contributed by atoms with E-state index in [1.807, 2.05) is 0 Å². The molecule has 1 aromatic carbocycles. The predicted molar refractivity (Wildman–Crippen MR) is 71.5 cm³/mol. The SMILES string of the molecule is CC(CC(=O)O)C(=O)c1ccc2c(c1)SCC(=O)N2. The van der Waals surface area contributed by atoms with Crippen LogP contribution < -0.4 is 5.32 Å². The number of nitrogens with one attached hydrogen (secondary N) is 1. The second-order valence-corrected chi connectivity index (χ2v) is 5.43. The van der Waals surface area contributed by atoms with Crippen molar-refractivity contribution in [2.75, 3.05) is 11.1 Å². The molecule has 1 atom stereocenters. The average Bonchev–Trinajstić information content (AvgIpc) is 2.36. The number of thioether (sulfide) groups is 1. The summed E-state index contributed by atoms with van der Waals surface area (Å²) in [6.45, 7) is 1.60. The lowest BCUT2D eigenvalue weighted by Gasteiger charge is -2.17.